The van der Waals surface area contributed by atoms with Gasteiger partial charge >= 0.3 is 0 Å². The van der Waals surface area contributed by atoms with Crippen molar-refractivity contribution in [2.45, 2.75) is 11.4 Å². The van der Waals surface area contributed by atoms with Gasteiger partial charge in [-0.3, -0.25) is 4.98 Å². The Balaban J connectivity index is 1.70. The maximum absolute atomic E-state index is 12.3. The van der Waals surface area contributed by atoms with Crippen LogP contribution in [-0.4, -0.2) is 18.5 Å². The van der Waals surface area contributed by atoms with Crippen LogP contribution < -0.4 is 4.72 Å². The summed E-state index contributed by atoms with van der Waals surface area (Å²) in [6.45, 7) is 0.198. The summed E-state index contributed by atoms with van der Waals surface area (Å²) < 4.78 is 27.2. The lowest BCUT2D eigenvalue weighted by atomic mass is 10.2. The second kappa shape index (κ2) is 7.83. The Labute approximate surface area is 152 Å². The molecular weight excluding hydrogens is 348 g/mol. The number of hydrogen-bond donors (Lipinski definition) is 2. The average Bonchev–Trinajstić information content (AvgIpc) is 2.66. The number of hydrogen-bond acceptors (Lipinski definition) is 4. The molecule has 0 fully saturated rings. The minimum Gasteiger partial charge on any atom is -0.508 e. The van der Waals surface area contributed by atoms with E-state index in [2.05, 4.69) is 21.5 Å². The number of rotatable bonds is 4. The highest BCUT2D eigenvalue weighted by atomic mass is 32.2. The van der Waals surface area contributed by atoms with Crippen LogP contribution in [0.5, 0.6) is 5.75 Å². The predicted molar refractivity (Wildman–Crippen MR) is 98.8 cm³/mol. The number of benzene rings is 2. The standard InChI is InChI=1S/C20H16N2O3S/c23-19-3-1-2-17(14-19)5-4-16-6-8-20(9-7-16)26(24,25)22-15-18-10-12-21-13-11-18/h1-3,6-14,22-23H,15H2. The normalized spacial score (nSPS) is 10.8. The van der Waals surface area contributed by atoms with Gasteiger partial charge in [-0.15, -0.1) is 0 Å². The summed E-state index contributed by atoms with van der Waals surface area (Å²) in [5, 5.41) is 9.42. The maximum atomic E-state index is 12.3. The first-order chi connectivity index (χ1) is 12.5. The molecule has 0 atom stereocenters. The molecule has 0 amide bonds. The van der Waals surface area contributed by atoms with E-state index >= 15 is 0 Å². The molecular formula is C20H16N2O3S. The number of aromatic hydroxyl groups is 1. The molecule has 0 aliphatic rings. The van der Waals surface area contributed by atoms with E-state index < -0.39 is 10.0 Å². The highest BCUT2D eigenvalue weighted by molar-refractivity contribution is 7.89. The van der Waals surface area contributed by atoms with Crippen molar-refractivity contribution in [1.29, 1.82) is 0 Å². The van der Waals surface area contributed by atoms with Crippen LogP contribution in [-0.2, 0) is 16.6 Å². The molecule has 0 aliphatic carbocycles. The van der Waals surface area contributed by atoms with Gasteiger partial charge in [0.1, 0.15) is 5.75 Å². The summed E-state index contributed by atoms with van der Waals surface area (Å²) in [7, 11) is -3.60. The van der Waals surface area contributed by atoms with Crippen molar-refractivity contribution in [2.75, 3.05) is 0 Å². The van der Waals surface area contributed by atoms with Crippen LogP contribution in [0.25, 0.3) is 0 Å². The number of phenols is 1. The van der Waals surface area contributed by atoms with E-state index in [9.17, 15) is 13.5 Å². The van der Waals surface area contributed by atoms with Gasteiger partial charge in [0.15, 0.2) is 0 Å². The van der Waals surface area contributed by atoms with Crippen molar-refractivity contribution in [1.82, 2.24) is 9.71 Å². The molecule has 26 heavy (non-hydrogen) atoms. The number of sulfonamides is 1. The van der Waals surface area contributed by atoms with Gasteiger partial charge in [-0.05, 0) is 60.2 Å². The molecule has 0 spiro atoms. The topological polar surface area (TPSA) is 79.3 Å². The number of nitrogens with zero attached hydrogens (tertiary/aromatic N) is 1. The summed E-state index contributed by atoms with van der Waals surface area (Å²) in [5.41, 5.74) is 2.19. The zero-order valence-corrected chi connectivity index (χ0v) is 14.6. The van der Waals surface area contributed by atoms with Gasteiger partial charge in [0, 0.05) is 30.1 Å². The fraction of sp³-hybridized carbons (Fsp3) is 0.0500. The summed E-state index contributed by atoms with van der Waals surface area (Å²) in [5.74, 6) is 6.02. The molecule has 0 unspecified atom stereocenters. The van der Waals surface area contributed by atoms with E-state index in [1.54, 1.807) is 60.9 Å². The molecule has 5 nitrogen and oxygen atoms in total. The van der Waals surface area contributed by atoms with Gasteiger partial charge in [0.05, 0.1) is 4.90 Å². The van der Waals surface area contributed by atoms with Crippen LogP contribution in [0.3, 0.4) is 0 Å². The number of aromatic nitrogens is 1. The molecule has 2 N–H and O–H groups in total. The highest BCUT2D eigenvalue weighted by Gasteiger charge is 2.13. The summed E-state index contributed by atoms with van der Waals surface area (Å²) >= 11 is 0. The lowest BCUT2D eigenvalue weighted by molar-refractivity contribution is 0.475. The van der Waals surface area contributed by atoms with Gasteiger partial charge in [-0.2, -0.15) is 0 Å². The van der Waals surface area contributed by atoms with E-state index in [4.69, 9.17) is 0 Å². The first-order valence-corrected chi connectivity index (χ1v) is 9.31. The molecule has 0 aliphatic heterocycles. The Morgan fingerprint density at radius 3 is 2.31 bits per heavy atom. The van der Waals surface area contributed by atoms with Crippen molar-refractivity contribution in [3.63, 3.8) is 0 Å². The van der Waals surface area contributed by atoms with Crippen molar-refractivity contribution < 1.29 is 13.5 Å². The second-order valence-corrected chi connectivity index (χ2v) is 7.27. The Bertz CT molecular complexity index is 1050. The Hall–Kier alpha value is -3.14. The van der Waals surface area contributed by atoms with Gasteiger partial charge in [-0.25, -0.2) is 13.1 Å². The van der Waals surface area contributed by atoms with Crippen molar-refractivity contribution in [3.05, 3.63) is 89.7 Å². The third kappa shape index (κ3) is 4.70. The third-order valence-electron chi connectivity index (χ3n) is 3.58. The lowest BCUT2D eigenvalue weighted by Gasteiger charge is -2.06. The van der Waals surface area contributed by atoms with Crippen molar-refractivity contribution in [3.8, 4) is 17.6 Å². The van der Waals surface area contributed by atoms with Crippen LogP contribution in [0.4, 0.5) is 0 Å². The Kier molecular flexibility index (Phi) is 5.32. The summed E-state index contributed by atoms with van der Waals surface area (Å²) in [4.78, 5) is 4.07. The largest absolute Gasteiger partial charge is 0.508 e. The zero-order chi connectivity index (χ0) is 18.4. The van der Waals surface area contributed by atoms with Gasteiger partial charge in [-0.1, -0.05) is 17.9 Å². The monoisotopic (exact) mass is 364 g/mol. The second-order valence-electron chi connectivity index (χ2n) is 5.50. The predicted octanol–water partition coefficient (Wildman–Crippen LogP) is 2.67. The molecule has 0 saturated heterocycles. The molecule has 130 valence electrons. The minimum atomic E-state index is -3.60. The average molecular weight is 364 g/mol. The molecule has 1 aromatic heterocycles. The van der Waals surface area contributed by atoms with Crippen LogP contribution in [0, 0.1) is 11.8 Å². The smallest absolute Gasteiger partial charge is 0.240 e. The van der Waals surface area contributed by atoms with Crippen LogP contribution >= 0.6 is 0 Å². The Morgan fingerprint density at radius 1 is 0.923 bits per heavy atom. The first-order valence-electron chi connectivity index (χ1n) is 7.83. The number of pyridine rings is 1. The van der Waals surface area contributed by atoms with Crippen LogP contribution in [0.15, 0.2) is 78.0 Å². The molecule has 0 radical (unpaired) electrons. The SMILES string of the molecule is O=S(=O)(NCc1ccncc1)c1ccc(C#Cc2cccc(O)c2)cc1. The summed E-state index contributed by atoms with van der Waals surface area (Å²) in [6, 6.07) is 16.5. The summed E-state index contributed by atoms with van der Waals surface area (Å²) in [6.07, 6.45) is 3.23. The minimum absolute atomic E-state index is 0.151. The molecule has 6 heteroatoms. The zero-order valence-electron chi connectivity index (χ0n) is 13.8. The number of nitrogens with one attached hydrogen (secondary N) is 1. The molecule has 3 aromatic rings. The van der Waals surface area contributed by atoms with Gasteiger partial charge in [0.25, 0.3) is 0 Å². The number of phenolic OH excluding ortho intramolecular Hbond substituents is 1. The van der Waals surface area contributed by atoms with Crippen LogP contribution in [0.1, 0.15) is 16.7 Å². The van der Waals surface area contributed by atoms with Crippen molar-refractivity contribution >= 4 is 10.0 Å². The maximum Gasteiger partial charge on any atom is 0.240 e. The molecule has 3 rings (SSSR count). The Morgan fingerprint density at radius 2 is 1.62 bits per heavy atom. The highest BCUT2D eigenvalue weighted by Crippen LogP contribution is 2.12. The fourth-order valence-corrected chi connectivity index (χ4v) is 3.23. The van der Waals surface area contributed by atoms with E-state index in [1.165, 1.54) is 12.1 Å². The van der Waals surface area contributed by atoms with Crippen molar-refractivity contribution in [2.24, 2.45) is 0 Å². The molecule has 0 saturated carbocycles. The van der Waals surface area contributed by atoms with E-state index in [1.807, 2.05) is 0 Å². The van der Waals surface area contributed by atoms with Gasteiger partial charge < -0.3 is 5.11 Å². The van der Waals surface area contributed by atoms with E-state index in [0.717, 1.165) is 5.56 Å². The lowest BCUT2D eigenvalue weighted by Crippen LogP contribution is -2.23. The van der Waals surface area contributed by atoms with E-state index in [0.29, 0.717) is 11.1 Å². The molecule has 0 bridgehead atoms. The van der Waals surface area contributed by atoms with Crippen LogP contribution in [0.2, 0.25) is 0 Å². The molecule has 1 heterocycles. The van der Waals surface area contributed by atoms with Gasteiger partial charge in [0.2, 0.25) is 10.0 Å². The molecule has 2 aromatic carbocycles. The van der Waals surface area contributed by atoms with E-state index in [-0.39, 0.29) is 17.2 Å². The quantitative estimate of drug-likeness (QED) is 0.698. The first kappa shape index (κ1) is 17.7. The third-order valence-corrected chi connectivity index (χ3v) is 4.99. The fourth-order valence-electron chi connectivity index (χ4n) is 2.21.